The molecule has 0 aliphatic heterocycles. The molecule has 1 aromatic carbocycles. The first-order valence-electron chi connectivity index (χ1n) is 3.05. The first kappa shape index (κ1) is 7.36. The molecule has 0 atom stereocenters. The van der Waals surface area contributed by atoms with Crippen LogP contribution in [0.25, 0.3) is 10.9 Å². The van der Waals surface area contributed by atoms with E-state index in [1.165, 1.54) is 0 Å². The van der Waals surface area contributed by atoms with E-state index in [4.69, 9.17) is 11.6 Å². The van der Waals surface area contributed by atoms with Gasteiger partial charge in [0.25, 0.3) is 0 Å². The Morgan fingerprint density at radius 3 is 3.09 bits per heavy atom. The summed E-state index contributed by atoms with van der Waals surface area (Å²) in [6.07, 6.45) is 1.73. The van der Waals surface area contributed by atoms with Gasteiger partial charge in [0, 0.05) is 8.96 Å². The lowest BCUT2D eigenvalue weighted by molar-refractivity contribution is 1.12. The van der Waals surface area contributed by atoms with Crippen LogP contribution in [0.4, 0.5) is 0 Å². The molecule has 0 fully saturated rings. The molecule has 2 aromatic rings. The highest BCUT2D eigenvalue weighted by Gasteiger charge is 2.01. The molecule has 4 heteroatoms. The van der Waals surface area contributed by atoms with E-state index < -0.39 is 0 Å². The van der Waals surface area contributed by atoms with Crippen LogP contribution in [0.3, 0.4) is 0 Å². The van der Waals surface area contributed by atoms with E-state index >= 15 is 0 Å². The van der Waals surface area contributed by atoms with Crippen molar-refractivity contribution in [3.63, 3.8) is 0 Å². The van der Waals surface area contributed by atoms with Crippen LogP contribution in [0, 0.1) is 3.57 Å². The van der Waals surface area contributed by atoms with E-state index in [0.717, 1.165) is 19.5 Å². The highest BCUT2D eigenvalue weighted by Crippen LogP contribution is 2.23. The Labute approximate surface area is 82.1 Å². The van der Waals surface area contributed by atoms with Gasteiger partial charge in [-0.1, -0.05) is 11.6 Å². The Morgan fingerprint density at radius 1 is 1.45 bits per heavy atom. The monoisotopic (exact) mass is 278 g/mol. The van der Waals surface area contributed by atoms with Crippen molar-refractivity contribution in [1.82, 2.24) is 10.2 Å². The van der Waals surface area contributed by atoms with Crippen molar-refractivity contribution >= 4 is 45.1 Å². The standard InChI is InChI=1S/C7H4ClIN2/c8-6-1-4(9)2-7-5(6)3-10-11-7/h1-3H,(H,10,11). The SMILES string of the molecule is Clc1cc(I)cc2[nH]ncc12. The third kappa shape index (κ3) is 1.22. The van der Waals surface area contributed by atoms with Crippen LogP contribution < -0.4 is 0 Å². The molecular weight excluding hydrogens is 274 g/mol. The molecule has 0 saturated carbocycles. The minimum atomic E-state index is 0.751. The third-order valence-electron chi connectivity index (χ3n) is 1.47. The van der Waals surface area contributed by atoms with Crippen molar-refractivity contribution in [2.24, 2.45) is 0 Å². The van der Waals surface area contributed by atoms with Crippen LogP contribution in [0.15, 0.2) is 18.3 Å². The van der Waals surface area contributed by atoms with Crippen LogP contribution in [0.1, 0.15) is 0 Å². The van der Waals surface area contributed by atoms with Crippen molar-refractivity contribution in [2.45, 2.75) is 0 Å². The molecule has 1 N–H and O–H groups in total. The average molecular weight is 278 g/mol. The summed E-state index contributed by atoms with van der Waals surface area (Å²) in [6.45, 7) is 0. The number of hydrogen-bond donors (Lipinski definition) is 1. The zero-order valence-electron chi connectivity index (χ0n) is 5.44. The molecule has 0 aliphatic rings. The Balaban J connectivity index is 2.91. The van der Waals surface area contributed by atoms with Crippen LogP contribution in [-0.4, -0.2) is 10.2 Å². The first-order valence-corrected chi connectivity index (χ1v) is 4.51. The number of aromatic nitrogens is 2. The second kappa shape index (κ2) is 2.64. The zero-order chi connectivity index (χ0) is 7.84. The van der Waals surface area contributed by atoms with Gasteiger partial charge in [0.15, 0.2) is 0 Å². The number of fused-ring (bicyclic) bond motifs is 1. The fourth-order valence-electron chi connectivity index (χ4n) is 0.975. The molecular formula is C7H4ClIN2. The number of rotatable bonds is 0. The maximum Gasteiger partial charge on any atom is 0.0675 e. The Kier molecular flexibility index (Phi) is 1.77. The Hall–Kier alpha value is -0.290. The molecule has 1 aromatic heterocycles. The van der Waals surface area contributed by atoms with Gasteiger partial charge in [0.1, 0.15) is 0 Å². The van der Waals surface area contributed by atoms with E-state index in [9.17, 15) is 0 Å². The van der Waals surface area contributed by atoms with Crippen LogP contribution in [0.2, 0.25) is 5.02 Å². The summed E-state index contributed by atoms with van der Waals surface area (Å²) in [5.41, 5.74) is 0.988. The number of H-pyrrole nitrogens is 1. The van der Waals surface area contributed by atoms with Crippen molar-refractivity contribution in [2.75, 3.05) is 0 Å². The molecule has 0 saturated heterocycles. The molecule has 2 nitrogen and oxygen atoms in total. The van der Waals surface area contributed by atoms with Crippen molar-refractivity contribution < 1.29 is 0 Å². The van der Waals surface area contributed by atoms with Crippen LogP contribution in [-0.2, 0) is 0 Å². The molecule has 0 radical (unpaired) electrons. The lowest BCUT2D eigenvalue weighted by atomic mass is 10.3. The molecule has 0 unspecified atom stereocenters. The maximum atomic E-state index is 5.94. The lowest BCUT2D eigenvalue weighted by Gasteiger charge is -1.93. The first-order chi connectivity index (χ1) is 5.27. The molecule has 1 heterocycles. The molecule has 0 spiro atoms. The molecule has 0 bridgehead atoms. The number of aromatic amines is 1. The summed E-state index contributed by atoms with van der Waals surface area (Å²) in [5, 5.41) is 8.48. The van der Waals surface area contributed by atoms with E-state index in [1.54, 1.807) is 6.20 Å². The van der Waals surface area contributed by atoms with Crippen molar-refractivity contribution in [3.05, 3.63) is 26.9 Å². The van der Waals surface area contributed by atoms with Crippen molar-refractivity contribution in [1.29, 1.82) is 0 Å². The second-order valence-electron chi connectivity index (χ2n) is 2.22. The largest absolute Gasteiger partial charge is 0.278 e. The van der Waals surface area contributed by atoms with Gasteiger partial charge in [0.2, 0.25) is 0 Å². The van der Waals surface area contributed by atoms with E-state index in [0.29, 0.717) is 0 Å². The highest BCUT2D eigenvalue weighted by atomic mass is 127. The van der Waals surface area contributed by atoms with E-state index in [-0.39, 0.29) is 0 Å². The maximum absolute atomic E-state index is 5.94. The molecule has 0 aliphatic carbocycles. The Bertz CT molecular complexity index is 396. The van der Waals surface area contributed by atoms with Gasteiger partial charge in [-0.05, 0) is 34.7 Å². The number of nitrogens with zero attached hydrogens (tertiary/aromatic N) is 1. The molecule has 56 valence electrons. The summed E-state index contributed by atoms with van der Waals surface area (Å²) in [7, 11) is 0. The van der Waals surface area contributed by atoms with Gasteiger partial charge < -0.3 is 0 Å². The fourth-order valence-corrected chi connectivity index (χ4v) is 2.05. The Morgan fingerprint density at radius 2 is 2.27 bits per heavy atom. The number of nitrogens with one attached hydrogen (secondary N) is 1. The van der Waals surface area contributed by atoms with E-state index in [1.807, 2.05) is 12.1 Å². The normalized spacial score (nSPS) is 10.7. The topological polar surface area (TPSA) is 28.7 Å². The number of benzene rings is 1. The summed E-state index contributed by atoms with van der Waals surface area (Å²) in [4.78, 5) is 0. The van der Waals surface area contributed by atoms with Crippen LogP contribution >= 0.6 is 34.2 Å². The third-order valence-corrected chi connectivity index (χ3v) is 2.41. The summed E-state index contributed by atoms with van der Waals surface area (Å²) in [5.74, 6) is 0. The van der Waals surface area contributed by atoms with Gasteiger partial charge in [-0.3, -0.25) is 5.10 Å². The predicted octanol–water partition coefficient (Wildman–Crippen LogP) is 2.82. The van der Waals surface area contributed by atoms with Gasteiger partial charge in [-0.2, -0.15) is 5.10 Å². The quantitative estimate of drug-likeness (QED) is 0.738. The molecule has 0 amide bonds. The van der Waals surface area contributed by atoms with Gasteiger partial charge in [0.05, 0.1) is 16.7 Å². The molecule has 2 rings (SSSR count). The summed E-state index contributed by atoms with van der Waals surface area (Å²) >= 11 is 8.16. The fraction of sp³-hybridized carbons (Fsp3) is 0. The summed E-state index contributed by atoms with van der Waals surface area (Å²) < 4.78 is 1.12. The zero-order valence-corrected chi connectivity index (χ0v) is 8.35. The predicted molar refractivity (Wildman–Crippen MR) is 53.8 cm³/mol. The lowest BCUT2D eigenvalue weighted by Crippen LogP contribution is -1.73. The second-order valence-corrected chi connectivity index (χ2v) is 3.87. The van der Waals surface area contributed by atoms with Crippen molar-refractivity contribution in [3.8, 4) is 0 Å². The number of halogens is 2. The minimum absolute atomic E-state index is 0.751. The van der Waals surface area contributed by atoms with Gasteiger partial charge in [-0.25, -0.2) is 0 Å². The number of hydrogen-bond acceptors (Lipinski definition) is 1. The summed E-state index contributed by atoms with van der Waals surface area (Å²) in [6, 6.07) is 3.93. The minimum Gasteiger partial charge on any atom is -0.278 e. The van der Waals surface area contributed by atoms with E-state index in [2.05, 4.69) is 32.8 Å². The van der Waals surface area contributed by atoms with Crippen LogP contribution in [0.5, 0.6) is 0 Å². The van der Waals surface area contributed by atoms with Gasteiger partial charge in [-0.15, -0.1) is 0 Å². The molecule has 11 heavy (non-hydrogen) atoms. The highest BCUT2D eigenvalue weighted by molar-refractivity contribution is 14.1. The van der Waals surface area contributed by atoms with Gasteiger partial charge >= 0.3 is 0 Å². The smallest absolute Gasteiger partial charge is 0.0675 e. The average Bonchev–Trinajstić information content (AvgIpc) is 2.34.